The molecule has 0 radical (unpaired) electrons. The van der Waals surface area contributed by atoms with E-state index >= 15 is 0 Å². The van der Waals surface area contributed by atoms with Crippen LogP contribution in [0.4, 0.5) is 18.9 Å². The highest BCUT2D eigenvalue weighted by Crippen LogP contribution is 2.34. The standard InChI is InChI=1S/C15H13F3N4S/c1-10(11-6-8-19-9-7-11)21-22-14(23)20-13-5-3-2-4-12(13)15(16,17)18/h2-9H,1H3,(H2,20,22,23)/b21-10-. The number of hydrogen-bond donors (Lipinski definition) is 2. The number of pyridine rings is 1. The fraction of sp³-hybridized carbons (Fsp3) is 0.133. The van der Waals surface area contributed by atoms with E-state index < -0.39 is 11.7 Å². The van der Waals surface area contributed by atoms with Crippen molar-refractivity contribution in [3.05, 3.63) is 59.9 Å². The molecule has 0 saturated heterocycles. The molecule has 120 valence electrons. The summed E-state index contributed by atoms with van der Waals surface area (Å²) >= 11 is 4.98. The first-order valence-electron chi connectivity index (χ1n) is 6.56. The smallest absolute Gasteiger partial charge is 0.331 e. The van der Waals surface area contributed by atoms with Crippen LogP contribution < -0.4 is 10.7 Å². The number of nitrogens with zero attached hydrogens (tertiary/aromatic N) is 2. The highest BCUT2D eigenvalue weighted by molar-refractivity contribution is 7.80. The number of aromatic nitrogens is 1. The van der Waals surface area contributed by atoms with E-state index in [4.69, 9.17) is 12.2 Å². The quantitative estimate of drug-likeness (QED) is 0.508. The molecule has 2 rings (SSSR count). The lowest BCUT2D eigenvalue weighted by molar-refractivity contribution is -0.136. The maximum absolute atomic E-state index is 12.9. The van der Waals surface area contributed by atoms with Crippen molar-refractivity contribution in [2.24, 2.45) is 5.10 Å². The van der Waals surface area contributed by atoms with E-state index in [1.165, 1.54) is 18.2 Å². The van der Waals surface area contributed by atoms with Gasteiger partial charge in [0.15, 0.2) is 5.11 Å². The number of hydrazone groups is 1. The lowest BCUT2D eigenvalue weighted by atomic mass is 10.2. The van der Waals surface area contributed by atoms with Crippen LogP contribution in [0.1, 0.15) is 18.1 Å². The van der Waals surface area contributed by atoms with Crippen molar-refractivity contribution in [3.8, 4) is 0 Å². The number of nitrogens with one attached hydrogen (secondary N) is 2. The van der Waals surface area contributed by atoms with Gasteiger partial charge in [-0.15, -0.1) is 0 Å². The Morgan fingerprint density at radius 1 is 1.13 bits per heavy atom. The molecule has 0 saturated carbocycles. The third-order valence-corrected chi connectivity index (χ3v) is 3.10. The second kappa shape index (κ2) is 7.19. The van der Waals surface area contributed by atoms with Gasteiger partial charge in [-0.25, -0.2) is 0 Å². The Bertz CT molecular complexity index is 714. The lowest BCUT2D eigenvalue weighted by Gasteiger charge is -2.14. The summed E-state index contributed by atoms with van der Waals surface area (Å²) in [4.78, 5) is 3.89. The van der Waals surface area contributed by atoms with Crippen LogP contribution in [0.2, 0.25) is 0 Å². The summed E-state index contributed by atoms with van der Waals surface area (Å²) in [7, 11) is 0. The van der Waals surface area contributed by atoms with Gasteiger partial charge in [0.05, 0.1) is 17.0 Å². The van der Waals surface area contributed by atoms with E-state index in [0.29, 0.717) is 5.71 Å². The molecule has 1 aromatic carbocycles. The molecule has 0 bridgehead atoms. The molecule has 4 nitrogen and oxygen atoms in total. The van der Waals surface area contributed by atoms with E-state index in [1.54, 1.807) is 31.5 Å². The molecule has 2 N–H and O–H groups in total. The third-order valence-electron chi connectivity index (χ3n) is 2.90. The minimum atomic E-state index is -4.46. The fourth-order valence-corrected chi connectivity index (χ4v) is 1.94. The molecule has 0 unspecified atom stereocenters. The molecular formula is C15H13F3N4S. The lowest BCUT2D eigenvalue weighted by Crippen LogP contribution is -2.26. The Morgan fingerprint density at radius 3 is 2.43 bits per heavy atom. The van der Waals surface area contributed by atoms with Crippen molar-refractivity contribution in [1.82, 2.24) is 10.4 Å². The van der Waals surface area contributed by atoms with Gasteiger partial charge in [-0.2, -0.15) is 18.3 Å². The highest BCUT2D eigenvalue weighted by atomic mass is 32.1. The summed E-state index contributed by atoms with van der Waals surface area (Å²) in [6.45, 7) is 1.74. The number of alkyl halides is 3. The average Bonchev–Trinajstić information content (AvgIpc) is 2.53. The van der Waals surface area contributed by atoms with Gasteiger partial charge in [0.1, 0.15) is 0 Å². The molecule has 0 amide bonds. The minimum absolute atomic E-state index is 0.0323. The number of halogens is 3. The predicted octanol–water partition coefficient (Wildman–Crippen LogP) is 3.81. The molecule has 23 heavy (non-hydrogen) atoms. The van der Waals surface area contributed by atoms with E-state index in [-0.39, 0.29) is 10.8 Å². The number of benzene rings is 1. The predicted molar refractivity (Wildman–Crippen MR) is 87.2 cm³/mol. The topological polar surface area (TPSA) is 49.3 Å². The summed E-state index contributed by atoms with van der Waals surface area (Å²) in [6.07, 6.45) is -1.23. The molecule has 1 heterocycles. The summed E-state index contributed by atoms with van der Waals surface area (Å²) in [5.41, 5.74) is 3.06. The van der Waals surface area contributed by atoms with Crippen LogP contribution in [0, 0.1) is 0 Å². The second-order valence-electron chi connectivity index (χ2n) is 4.54. The number of hydrogen-bond acceptors (Lipinski definition) is 3. The number of anilines is 1. The SMILES string of the molecule is C/C(=N/NC(=S)Nc1ccccc1C(F)(F)F)c1ccncc1. The van der Waals surface area contributed by atoms with Gasteiger partial charge in [0, 0.05) is 18.0 Å². The average molecular weight is 338 g/mol. The molecule has 0 aliphatic heterocycles. The van der Waals surface area contributed by atoms with Crippen LogP contribution in [0.3, 0.4) is 0 Å². The summed E-state index contributed by atoms with van der Waals surface area (Å²) < 4.78 is 38.7. The first kappa shape index (κ1) is 16.9. The van der Waals surface area contributed by atoms with Crippen LogP contribution in [-0.2, 0) is 6.18 Å². The van der Waals surface area contributed by atoms with Gasteiger partial charge in [0.2, 0.25) is 0 Å². The molecule has 8 heteroatoms. The van der Waals surface area contributed by atoms with Crippen molar-refractivity contribution in [2.75, 3.05) is 5.32 Å². The van der Waals surface area contributed by atoms with Crippen LogP contribution in [0.5, 0.6) is 0 Å². The summed E-state index contributed by atoms with van der Waals surface area (Å²) in [5, 5.41) is 6.51. The fourth-order valence-electron chi connectivity index (χ4n) is 1.78. The Balaban J connectivity index is 2.07. The zero-order valence-corrected chi connectivity index (χ0v) is 12.9. The molecule has 1 aromatic heterocycles. The van der Waals surface area contributed by atoms with E-state index in [2.05, 4.69) is 20.8 Å². The van der Waals surface area contributed by atoms with Gasteiger partial charge in [0.25, 0.3) is 0 Å². The third kappa shape index (κ3) is 4.75. The maximum atomic E-state index is 12.9. The summed E-state index contributed by atoms with van der Waals surface area (Å²) in [5.74, 6) is 0. The first-order valence-corrected chi connectivity index (χ1v) is 6.96. The first-order chi connectivity index (χ1) is 10.9. The zero-order valence-electron chi connectivity index (χ0n) is 12.1. The van der Waals surface area contributed by atoms with Gasteiger partial charge >= 0.3 is 6.18 Å². The van der Waals surface area contributed by atoms with Crippen LogP contribution in [0.25, 0.3) is 0 Å². The van der Waals surface area contributed by atoms with Gasteiger partial charge in [-0.3, -0.25) is 10.4 Å². The molecule has 0 atom stereocenters. The van der Waals surface area contributed by atoms with E-state index in [9.17, 15) is 13.2 Å². The number of rotatable bonds is 3. The van der Waals surface area contributed by atoms with Gasteiger partial charge in [-0.1, -0.05) is 12.1 Å². The van der Waals surface area contributed by atoms with Crippen molar-refractivity contribution < 1.29 is 13.2 Å². The monoisotopic (exact) mass is 338 g/mol. The Labute approximate surface area is 136 Å². The minimum Gasteiger partial charge on any atom is -0.331 e. The molecule has 0 aliphatic rings. The van der Waals surface area contributed by atoms with Gasteiger partial charge in [-0.05, 0) is 43.4 Å². The molecule has 2 aromatic rings. The Hall–Kier alpha value is -2.48. The van der Waals surface area contributed by atoms with Crippen LogP contribution in [0.15, 0.2) is 53.9 Å². The van der Waals surface area contributed by atoms with Crippen molar-refractivity contribution in [3.63, 3.8) is 0 Å². The van der Waals surface area contributed by atoms with E-state index in [0.717, 1.165) is 11.6 Å². The molecule has 0 aliphatic carbocycles. The van der Waals surface area contributed by atoms with E-state index in [1.807, 2.05) is 0 Å². The molecular weight excluding hydrogens is 325 g/mol. The van der Waals surface area contributed by atoms with Crippen molar-refractivity contribution in [1.29, 1.82) is 0 Å². The Morgan fingerprint density at radius 2 is 1.78 bits per heavy atom. The number of para-hydroxylation sites is 1. The highest BCUT2D eigenvalue weighted by Gasteiger charge is 2.33. The van der Waals surface area contributed by atoms with Crippen molar-refractivity contribution in [2.45, 2.75) is 13.1 Å². The number of thiocarbonyl (C=S) groups is 1. The van der Waals surface area contributed by atoms with Crippen molar-refractivity contribution >= 4 is 28.7 Å². The Kier molecular flexibility index (Phi) is 5.28. The summed E-state index contributed by atoms with van der Waals surface area (Å²) in [6, 6.07) is 8.61. The zero-order chi connectivity index (χ0) is 16.9. The molecule has 0 spiro atoms. The van der Waals surface area contributed by atoms with Gasteiger partial charge < -0.3 is 5.32 Å². The van der Waals surface area contributed by atoms with Crippen LogP contribution >= 0.6 is 12.2 Å². The van der Waals surface area contributed by atoms with Crippen LogP contribution in [-0.4, -0.2) is 15.8 Å². The largest absolute Gasteiger partial charge is 0.418 e. The normalized spacial score (nSPS) is 11.9. The maximum Gasteiger partial charge on any atom is 0.418 e. The molecule has 0 fully saturated rings. The second-order valence-corrected chi connectivity index (χ2v) is 4.95.